The van der Waals surface area contributed by atoms with Crippen LogP contribution in [0.1, 0.15) is 18.4 Å². The molecule has 0 spiro atoms. The number of likely N-dealkylation sites (tertiary alicyclic amines) is 1. The molecule has 1 aliphatic rings. The molecule has 20 heavy (non-hydrogen) atoms. The fraction of sp³-hybridized carbons (Fsp3) is 0.562. The molecule has 2 N–H and O–H groups in total. The highest BCUT2D eigenvalue weighted by molar-refractivity contribution is 5.92. The average molecular weight is 275 g/mol. The largest absolute Gasteiger partial charge is 0.325 e. The molecule has 1 saturated heterocycles. The number of amides is 1. The second-order valence-electron chi connectivity index (χ2n) is 5.76. The Kier molecular flexibility index (Phi) is 5.56. The minimum Gasteiger partial charge on any atom is -0.325 e. The molecule has 1 aliphatic heterocycles. The number of piperidine rings is 1. The summed E-state index contributed by atoms with van der Waals surface area (Å²) >= 11 is 0. The molecule has 1 amide bonds. The molecule has 110 valence electrons. The van der Waals surface area contributed by atoms with Crippen LogP contribution in [0.25, 0.3) is 0 Å². The first kappa shape index (κ1) is 15.0. The van der Waals surface area contributed by atoms with Crippen molar-refractivity contribution < 1.29 is 4.79 Å². The highest BCUT2D eigenvalue weighted by Crippen LogP contribution is 2.14. The second kappa shape index (κ2) is 7.41. The van der Waals surface area contributed by atoms with Crippen molar-refractivity contribution in [2.45, 2.75) is 19.8 Å². The molecule has 1 aromatic carbocycles. The van der Waals surface area contributed by atoms with E-state index in [1.54, 1.807) is 0 Å². The minimum atomic E-state index is 0.0310. The molecular weight excluding hydrogens is 250 g/mol. The molecule has 0 radical (unpaired) electrons. The molecule has 1 aromatic rings. The van der Waals surface area contributed by atoms with E-state index in [1.165, 1.54) is 19.4 Å². The van der Waals surface area contributed by atoms with Gasteiger partial charge in [-0.05, 0) is 57.5 Å². The second-order valence-corrected chi connectivity index (χ2v) is 5.76. The minimum absolute atomic E-state index is 0.0310. The molecule has 0 aliphatic carbocycles. The molecule has 0 bridgehead atoms. The summed E-state index contributed by atoms with van der Waals surface area (Å²) in [6.07, 6.45) is 2.52. The van der Waals surface area contributed by atoms with Crippen LogP contribution in [-0.2, 0) is 4.79 Å². The fourth-order valence-corrected chi connectivity index (χ4v) is 2.74. The number of anilines is 1. The number of rotatable bonds is 5. The maximum absolute atomic E-state index is 11.9. The number of benzene rings is 1. The van der Waals surface area contributed by atoms with Crippen molar-refractivity contribution in [2.75, 3.05) is 38.5 Å². The summed E-state index contributed by atoms with van der Waals surface area (Å²) in [4.78, 5) is 14.3. The highest BCUT2D eigenvalue weighted by atomic mass is 16.1. The normalized spacial score (nSPS) is 19.8. The lowest BCUT2D eigenvalue weighted by molar-refractivity contribution is -0.115. The van der Waals surface area contributed by atoms with E-state index in [0.29, 0.717) is 12.5 Å². The quantitative estimate of drug-likeness (QED) is 0.862. The van der Waals surface area contributed by atoms with Gasteiger partial charge in [0, 0.05) is 12.2 Å². The summed E-state index contributed by atoms with van der Waals surface area (Å²) in [5.41, 5.74) is 1.99. The molecule has 1 fully saturated rings. The number of para-hydroxylation sites is 1. The number of carbonyl (C=O) groups excluding carboxylic acids is 1. The summed E-state index contributed by atoms with van der Waals surface area (Å²) in [7, 11) is 2.16. The van der Waals surface area contributed by atoms with E-state index in [2.05, 4.69) is 22.6 Å². The predicted molar refractivity (Wildman–Crippen MR) is 82.9 cm³/mol. The third kappa shape index (κ3) is 4.62. The van der Waals surface area contributed by atoms with Gasteiger partial charge in [-0.25, -0.2) is 0 Å². The number of hydrogen-bond donors (Lipinski definition) is 2. The van der Waals surface area contributed by atoms with Crippen LogP contribution in [-0.4, -0.2) is 44.0 Å². The van der Waals surface area contributed by atoms with Gasteiger partial charge in [0.15, 0.2) is 0 Å². The first-order chi connectivity index (χ1) is 9.65. The number of nitrogens with zero attached hydrogens (tertiary/aromatic N) is 1. The maximum atomic E-state index is 11.9. The zero-order chi connectivity index (χ0) is 14.4. The zero-order valence-corrected chi connectivity index (χ0v) is 12.5. The lowest BCUT2D eigenvalue weighted by Crippen LogP contribution is -2.39. The standard InChI is InChI=1S/C16H25N3O/c1-13-6-3-4-8-15(13)18-16(20)11-17-10-14-7-5-9-19(2)12-14/h3-4,6,8,14,17H,5,7,9-12H2,1-2H3,(H,18,20). The van der Waals surface area contributed by atoms with Crippen molar-refractivity contribution in [2.24, 2.45) is 5.92 Å². The Morgan fingerprint density at radius 2 is 2.20 bits per heavy atom. The van der Waals surface area contributed by atoms with Gasteiger partial charge in [0.05, 0.1) is 6.54 Å². The van der Waals surface area contributed by atoms with Crippen molar-refractivity contribution in [3.8, 4) is 0 Å². The van der Waals surface area contributed by atoms with E-state index in [1.807, 2.05) is 31.2 Å². The number of aryl methyl sites for hydroxylation is 1. The Balaban J connectivity index is 1.69. The van der Waals surface area contributed by atoms with Crippen LogP contribution in [0.15, 0.2) is 24.3 Å². The first-order valence-corrected chi connectivity index (χ1v) is 7.40. The summed E-state index contributed by atoms with van der Waals surface area (Å²) in [6, 6.07) is 7.85. The smallest absolute Gasteiger partial charge is 0.238 e. The molecule has 2 rings (SSSR count). The van der Waals surface area contributed by atoms with Crippen LogP contribution in [0.4, 0.5) is 5.69 Å². The highest BCUT2D eigenvalue weighted by Gasteiger charge is 2.16. The lowest BCUT2D eigenvalue weighted by Gasteiger charge is -2.29. The molecule has 1 atom stereocenters. The van der Waals surface area contributed by atoms with Gasteiger partial charge in [0.2, 0.25) is 5.91 Å². The fourth-order valence-electron chi connectivity index (χ4n) is 2.74. The summed E-state index contributed by atoms with van der Waals surface area (Å²) in [5.74, 6) is 0.698. The van der Waals surface area contributed by atoms with E-state index in [0.717, 1.165) is 24.3 Å². The van der Waals surface area contributed by atoms with E-state index in [9.17, 15) is 4.79 Å². The van der Waals surface area contributed by atoms with E-state index >= 15 is 0 Å². The van der Waals surface area contributed by atoms with Crippen LogP contribution in [0.2, 0.25) is 0 Å². The van der Waals surface area contributed by atoms with Gasteiger partial charge in [-0.15, -0.1) is 0 Å². The predicted octanol–water partition coefficient (Wildman–Crippen LogP) is 1.86. The van der Waals surface area contributed by atoms with Crippen molar-refractivity contribution >= 4 is 11.6 Å². The Morgan fingerprint density at radius 3 is 2.95 bits per heavy atom. The van der Waals surface area contributed by atoms with Gasteiger partial charge in [-0.1, -0.05) is 18.2 Å². The summed E-state index contributed by atoms with van der Waals surface area (Å²) in [6.45, 7) is 5.64. The Hall–Kier alpha value is -1.39. The molecule has 4 nitrogen and oxygen atoms in total. The molecule has 0 saturated carbocycles. The Bertz CT molecular complexity index is 447. The zero-order valence-electron chi connectivity index (χ0n) is 12.5. The van der Waals surface area contributed by atoms with Gasteiger partial charge in [0.25, 0.3) is 0 Å². The first-order valence-electron chi connectivity index (χ1n) is 7.40. The SMILES string of the molecule is Cc1ccccc1NC(=O)CNCC1CCCN(C)C1. The topological polar surface area (TPSA) is 44.4 Å². The third-order valence-corrected chi connectivity index (χ3v) is 3.86. The molecule has 1 unspecified atom stereocenters. The van der Waals surface area contributed by atoms with Crippen molar-refractivity contribution in [3.05, 3.63) is 29.8 Å². The van der Waals surface area contributed by atoms with Gasteiger partial charge in [-0.2, -0.15) is 0 Å². The molecular formula is C16H25N3O. The van der Waals surface area contributed by atoms with Crippen LogP contribution >= 0.6 is 0 Å². The maximum Gasteiger partial charge on any atom is 0.238 e. The Labute approximate surface area is 121 Å². The number of nitrogens with one attached hydrogen (secondary N) is 2. The van der Waals surface area contributed by atoms with Crippen LogP contribution in [0.3, 0.4) is 0 Å². The number of carbonyl (C=O) groups is 1. The van der Waals surface area contributed by atoms with Crippen molar-refractivity contribution in [1.29, 1.82) is 0 Å². The van der Waals surface area contributed by atoms with Crippen molar-refractivity contribution in [1.82, 2.24) is 10.2 Å². The van der Waals surface area contributed by atoms with Crippen LogP contribution in [0, 0.1) is 12.8 Å². The van der Waals surface area contributed by atoms with Gasteiger partial charge < -0.3 is 15.5 Å². The molecule has 0 aromatic heterocycles. The van der Waals surface area contributed by atoms with E-state index in [-0.39, 0.29) is 5.91 Å². The van der Waals surface area contributed by atoms with E-state index < -0.39 is 0 Å². The van der Waals surface area contributed by atoms with Gasteiger partial charge in [0.1, 0.15) is 0 Å². The lowest BCUT2D eigenvalue weighted by atomic mass is 9.98. The van der Waals surface area contributed by atoms with Gasteiger partial charge >= 0.3 is 0 Å². The van der Waals surface area contributed by atoms with Gasteiger partial charge in [-0.3, -0.25) is 4.79 Å². The third-order valence-electron chi connectivity index (χ3n) is 3.86. The Morgan fingerprint density at radius 1 is 1.40 bits per heavy atom. The molecule has 4 heteroatoms. The average Bonchev–Trinajstić information content (AvgIpc) is 2.41. The summed E-state index contributed by atoms with van der Waals surface area (Å²) < 4.78 is 0. The monoisotopic (exact) mass is 275 g/mol. The van der Waals surface area contributed by atoms with E-state index in [4.69, 9.17) is 0 Å². The van der Waals surface area contributed by atoms with Crippen LogP contribution < -0.4 is 10.6 Å². The summed E-state index contributed by atoms with van der Waals surface area (Å²) in [5, 5.41) is 6.22. The number of hydrogen-bond acceptors (Lipinski definition) is 3. The van der Waals surface area contributed by atoms with Crippen molar-refractivity contribution in [3.63, 3.8) is 0 Å². The molecule has 1 heterocycles. The van der Waals surface area contributed by atoms with Crippen LogP contribution in [0.5, 0.6) is 0 Å².